The molecule has 0 spiro atoms. The van der Waals surface area contributed by atoms with Gasteiger partial charge in [-0.1, -0.05) is 0 Å². The SMILES string of the molecule is CNC(=O)[C@@H](C)Oc1ccc(S(=O)(=O)Nc2ccc(F)cc2)cc1. The molecule has 0 bridgehead atoms. The highest BCUT2D eigenvalue weighted by Gasteiger charge is 2.16. The molecule has 2 N–H and O–H groups in total. The summed E-state index contributed by atoms with van der Waals surface area (Å²) in [4.78, 5) is 11.4. The second-order valence-corrected chi connectivity index (χ2v) is 6.64. The van der Waals surface area contributed by atoms with Gasteiger partial charge in [-0.05, 0) is 55.5 Å². The van der Waals surface area contributed by atoms with Crippen molar-refractivity contribution in [2.45, 2.75) is 17.9 Å². The number of rotatable bonds is 6. The molecule has 0 saturated carbocycles. The predicted octanol–water partition coefficient (Wildman–Crippen LogP) is 2.14. The lowest BCUT2D eigenvalue weighted by Crippen LogP contribution is -2.33. The number of anilines is 1. The zero-order valence-corrected chi connectivity index (χ0v) is 13.9. The van der Waals surface area contributed by atoms with E-state index < -0.39 is 21.9 Å². The summed E-state index contributed by atoms with van der Waals surface area (Å²) < 4.78 is 45.1. The first-order valence-electron chi connectivity index (χ1n) is 7.08. The second kappa shape index (κ2) is 7.31. The van der Waals surface area contributed by atoms with E-state index in [2.05, 4.69) is 10.0 Å². The Balaban J connectivity index is 2.11. The van der Waals surface area contributed by atoms with Gasteiger partial charge in [-0.3, -0.25) is 9.52 Å². The fraction of sp³-hybridized carbons (Fsp3) is 0.188. The monoisotopic (exact) mass is 352 g/mol. The zero-order valence-electron chi connectivity index (χ0n) is 13.1. The van der Waals surface area contributed by atoms with E-state index in [0.717, 1.165) is 12.1 Å². The van der Waals surface area contributed by atoms with E-state index >= 15 is 0 Å². The van der Waals surface area contributed by atoms with Crippen molar-refractivity contribution < 1.29 is 22.3 Å². The maximum Gasteiger partial charge on any atom is 0.261 e. The van der Waals surface area contributed by atoms with Crippen LogP contribution in [0.5, 0.6) is 5.75 Å². The Hall–Kier alpha value is -2.61. The van der Waals surface area contributed by atoms with Crippen molar-refractivity contribution in [3.05, 3.63) is 54.3 Å². The van der Waals surface area contributed by atoms with E-state index in [0.29, 0.717) is 5.75 Å². The second-order valence-electron chi connectivity index (χ2n) is 4.96. The van der Waals surface area contributed by atoms with E-state index in [9.17, 15) is 17.6 Å². The van der Waals surface area contributed by atoms with Crippen LogP contribution in [0.25, 0.3) is 0 Å². The predicted molar refractivity (Wildman–Crippen MR) is 87.8 cm³/mol. The topological polar surface area (TPSA) is 84.5 Å². The Labute approximate surface area is 139 Å². The summed E-state index contributed by atoms with van der Waals surface area (Å²) in [6, 6.07) is 10.6. The molecule has 2 aromatic carbocycles. The van der Waals surface area contributed by atoms with Gasteiger partial charge in [0.05, 0.1) is 4.90 Å². The van der Waals surface area contributed by atoms with Crippen molar-refractivity contribution in [3.8, 4) is 5.75 Å². The minimum atomic E-state index is -3.80. The molecule has 0 aliphatic rings. The number of halogens is 1. The third kappa shape index (κ3) is 4.45. The molecule has 1 atom stereocenters. The average Bonchev–Trinajstić information content (AvgIpc) is 2.56. The highest BCUT2D eigenvalue weighted by molar-refractivity contribution is 7.92. The van der Waals surface area contributed by atoms with Crippen molar-refractivity contribution in [2.24, 2.45) is 0 Å². The third-order valence-electron chi connectivity index (χ3n) is 3.16. The first-order valence-corrected chi connectivity index (χ1v) is 8.57. The van der Waals surface area contributed by atoms with Crippen LogP contribution in [-0.2, 0) is 14.8 Å². The van der Waals surface area contributed by atoms with Gasteiger partial charge < -0.3 is 10.1 Å². The van der Waals surface area contributed by atoms with Gasteiger partial charge in [0.25, 0.3) is 15.9 Å². The van der Waals surface area contributed by atoms with E-state index in [1.807, 2.05) is 0 Å². The Kier molecular flexibility index (Phi) is 5.40. The van der Waals surface area contributed by atoms with Crippen LogP contribution >= 0.6 is 0 Å². The molecular formula is C16H17FN2O4S. The van der Waals surface area contributed by atoms with E-state index in [4.69, 9.17) is 4.74 Å². The summed E-state index contributed by atoms with van der Waals surface area (Å²) in [5.74, 6) is -0.374. The molecule has 0 aliphatic heterocycles. The molecule has 0 saturated heterocycles. The lowest BCUT2D eigenvalue weighted by Gasteiger charge is -2.13. The first-order chi connectivity index (χ1) is 11.3. The van der Waals surface area contributed by atoms with Crippen molar-refractivity contribution in [3.63, 3.8) is 0 Å². The Morgan fingerprint density at radius 3 is 2.21 bits per heavy atom. The average molecular weight is 352 g/mol. The number of amides is 1. The standard InChI is InChI=1S/C16H17FN2O4S/c1-11(16(20)18-2)23-14-7-9-15(10-8-14)24(21,22)19-13-5-3-12(17)4-6-13/h3-11,19H,1-2H3,(H,18,20)/t11-/m1/s1. The number of carbonyl (C=O) groups is 1. The maximum atomic E-state index is 12.9. The van der Waals surface area contributed by atoms with Gasteiger partial charge in [0.1, 0.15) is 11.6 Å². The van der Waals surface area contributed by atoms with Gasteiger partial charge in [-0.15, -0.1) is 0 Å². The lowest BCUT2D eigenvalue weighted by atomic mass is 10.3. The van der Waals surface area contributed by atoms with E-state index in [1.165, 1.54) is 43.4 Å². The van der Waals surface area contributed by atoms with Gasteiger partial charge in [-0.25, -0.2) is 12.8 Å². The van der Waals surface area contributed by atoms with Crippen LogP contribution in [0, 0.1) is 5.82 Å². The molecule has 6 nitrogen and oxygen atoms in total. The Morgan fingerprint density at radius 1 is 1.08 bits per heavy atom. The highest BCUT2D eigenvalue weighted by Crippen LogP contribution is 2.20. The van der Waals surface area contributed by atoms with Crippen LogP contribution in [-0.4, -0.2) is 27.5 Å². The van der Waals surface area contributed by atoms with Crippen LogP contribution < -0.4 is 14.8 Å². The molecule has 0 radical (unpaired) electrons. The number of carbonyl (C=O) groups excluding carboxylic acids is 1. The number of nitrogens with one attached hydrogen (secondary N) is 2. The first kappa shape index (κ1) is 17.7. The molecular weight excluding hydrogens is 335 g/mol. The van der Waals surface area contributed by atoms with Gasteiger partial charge in [0.2, 0.25) is 0 Å². The van der Waals surface area contributed by atoms with Gasteiger partial charge in [-0.2, -0.15) is 0 Å². The van der Waals surface area contributed by atoms with Gasteiger partial charge in [0.15, 0.2) is 6.10 Å². The quantitative estimate of drug-likeness (QED) is 0.834. The summed E-state index contributed by atoms with van der Waals surface area (Å²) in [6.45, 7) is 1.58. The summed E-state index contributed by atoms with van der Waals surface area (Å²) in [7, 11) is -2.30. The van der Waals surface area contributed by atoms with Crippen molar-refractivity contribution in [1.82, 2.24) is 5.32 Å². The lowest BCUT2D eigenvalue weighted by molar-refractivity contribution is -0.126. The summed E-state index contributed by atoms with van der Waals surface area (Å²) in [5.41, 5.74) is 0.255. The number of hydrogen-bond donors (Lipinski definition) is 2. The number of sulfonamides is 1. The molecule has 0 heterocycles. The number of hydrogen-bond acceptors (Lipinski definition) is 4. The highest BCUT2D eigenvalue weighted by atomic mass is 32.2. The molecule has 2 rings (SSSR count). The molecule has 0 aliphatic carbocycles. The van der Waals surface area contributed by atoms with Crippen molar-refractivity contribution >= 4 is 21.6 Å². The summed E-state index contributed by atoms with van der Waals surface area (Å²) in [5, 5.41) is 2.46. The smallest absolute Gasteiger partial charge is 0.261 e. The Morgan fingerprint density at radius 2 is 1.67 bits per heavy atom. The summed E-state index contributed by atoms with van der Waals surface area (Å²) in [6.07, 6.45) is -0.699. The van der Waals surface area contributed by atoms with E-state index in [1.54, 1.807) is 6.92 Å². The molecule has 24 heavy (non-hydrogen) atoms. The fourth-order valence-corrected chi connectivity index (χ4v) is 2.95. The minimum Gasteiger partial charge on any atom is -0.481 e. The largest absolute Gasteiger partial charge is 0.481 e. The van der Waals surface area contributed by atoms with Crippen LogP contribution in [0.3, 0.4) is 0 Å². The van der Waals surface area contributed by atoms with Crippen molar-refractivity contribution in [2.75, 3.05) is 11.8 Å². The molecule has 2 aromatic rings. The minimum absolute atomic E-state index is 0.0202. The zero-order chi connectivity index (χ0) is 17.7. The summed E-state index contributed by atoms with van der Waals surface area (Å²) >= 11 is 0. The third-order valence-corrected chi connectivity index (χ3v) is 4.56. The van der Waals surface area contributed by atoms with Crippen LogP contribution in [0.4, 0.5) is 10.1 Å². The number of ether oxygens (including phenoxy) is 1. The molecule has 8 heteroatoms. The van der Waals surface area contributed by atoms with Crippen molar-refractivity contribution in [1.29, 1.82) is 0 Å². The van der Waals surface area contributed by atoms with Crippen LogP contribution in [0.2, 0.25) is 0 Å². The normalized spacial score (nSPS) is 12.3. The fourth-order valence-electron chi connectivity index (χ4n) is 1.89. The molecule has 0 unspecified atom stereocenters. The van der Waals surface area contributed by atoms with E-state index in [-0.39, 0.29) is 16.5 Å². The molecule has 0 fully saturated rings. The van der Waals surface area contributed by atoms with Crippen LogP contribution in [0.1, 0.15) is 6.92 Å². The molecule has 0 aromatic heterocycles. The maximum absolute atomic E-state index is 12.9. The molecule has 1 amide bonds. The molecule has 128 valence electrons. The van der Waals surface area contributed by atoms with Gasteiger partial charge in [0, 0.05) is 12.7 Å². The van der Waals surface area contributed by atoms with Crippen LogP contribution in [0.15, 0.2) is 53.4 Å². The Bertz CT molecular complexity index is 805. The van der Waals surface area contributed by atoms with Gasteiger partial charge >= 0.3 is 0 Å². The number of likely N-dealkylation sites (N-methyl/N-ethyl adjacent to an activating group) is 1. The number of benzene rings is 2.